The molecule has 1 N–H and O–H groups in total. The number of hydrogen-bond acceptors (Lipinski definition) is 2. The molecule has 0 aliphatic carbocycles. The summed E-state index contributed by atoms with van der Waals surface area (Å²) in [6.45, 7) is 8.39. The van der Waals surface area contributed by atoms with Crippen LogP contribution in [-0.2, 0) is 11.2 Å². The molecule has 1 heterocycles. The van der Waals surface area contributed by atoms with Crippen LogP contribution >= 0.6 is 0 Å². The number of ether oxygens (including phenoxy) is 1. The molecule has 1 aromatic carbocycles. The van der Waals surface area contributed by atoms with E-state index in [0.717, 1.165) is 19.6 Å². The van der Waals surface area contributed by atoms with Crippen LogP contribution in [0.15, 0.2) is 24.3 Å². The molecule has 17 heavy (non-hydrogen) atoms. The highest BCUT2D eigenvalue weighted by atomic mass is 16.5. The van der Waals surface area contributed by atoms with Crippen LogP contribution in [0, 0.1) is 5.92 Å². The summed E-state index contributed by atoms with van der Waals surface area (Å²) in [4.78, 5) is 0. The molecule has 1 aromatic rings. The fraction of sp³-hybridized carbons (Fsp3) is 0.600. The molecule has 1 aliphatic rings. The number of benzene rings is 1. The monoisotopic (exact) mass is 233 g/mol. The highest BCUT2D eigenvalue weighted by Crippen LogP contribution is 2.21. The Hall–Kier alpha value is -0.860. The SMILES string of the molecule is CC(C)Cc1ccc(C2CNC(C)CO2)cc1. The first-order valence-corrected chi connectivity index (χ1v) is 6.59. The number of nitrogens with one attached hydrogen (secondary N) is 1. The zero-order valence-electron chi connectivity index (χ0n) is 11.1. The molecular formula is C15H23NO. The second-order valence-corrected chi connectivity index (χ2v) is 5.47. The minimum absolute atomic E-state index is 0.222. The Labute approximate surface area is 104 Å². The maximum atomic E-state index is 5.83. The summed E-state index contributed by atoms with van der Waals surface area (Å²) < 4.78 is 5.83. The lowest BCUT2D eigenvalue weighted by Crippen LogP contribution is -2.40. The molecule has 0 aromatic heterocycles. The summed E-state index contributed by atoms with van der Waals surface area (Å²) >= 11 is 0. The molecule has 2 nitrogen and oxygen atoms in total. The van der Waals surface area contributed by atoms with E-state index in [1.54, 1.807) is 0 Å². The highest BCUT2D eigenvalue weighted by Gasteiger charge is 2.19. The fourth-order valence-electron chi connectivity index (χ4n) is 2.24. The molecule has 2 rings (SSSR count). The van der Waals surface area contributed by atoms with Crippen LogP contribution in [0.25, 0.3) is 0 Å². The molecule has 0 amide bonds. The Balaban J connectivity index is 1.97. The van der Waals surface area contributed by atoms with E-state index in [-0.39, 0.29) is 6.10 Å². The van der Waals surface area contributed by atoms with E-state index in [1.165, 1.54) is 11.1 Å². The summed E-state index contributed by atoms with van der Waals surface area (Å²) in [5, 5.41) is 3.45. The van der Waals surface area contributed by atoms with Crippen molar-refractivity contribution in [2.24, 2.45) is 5.92 Å². The van der Waals surface area contributed by atoms with Crippen molar-refractivity contribution in [1.29, 1.82) is 0 Å². The van der Waals surface area contributed by atoms with Crippen molar-refractivity contribution in [3.63, 3.8) is 0 Å². The molecule has 0 radical (unpaired) electrons. The number of rotatable bonds is 3. The van der Waals surface area contributed by atoms with Crippen LogP contribution < -0.4 is 5.32 Å². The summed E-state index contributed by atoms with van der Waals surface area (Å²) in [7, 11) is 0. The van der Waals surface area contributed by atoms with Crippen molar-refractivity contribution >= 4 is 0 Å². The van der Waals surface area contributed by atoms with Crippen molar-refractivity contribution in [3.05, 3.63) is 35.4 Å². The van der Waals surface area contributed by atoms with Gasteiger partial charge >= 0.3 is 0 Å². The van der Waals surface area contributed by atoms with Gasteiger partial charge in [0.15, 0.2) is 0 Å². The number of hydrogen-bond donors (Lipinski definition) is 1. The van der Waals surface area contributed by atoms with E-state index in [4.69, 9.17) is 4.74 Å². The van der Waals surface area contributed by atoms with Gasteiger partial charge in [-0.05, 0) is 30.4 Å². The Bertz CT molecular complexity index is 336. The molecule has 1 aliphatic heterocycles. The molecule has 0 saturated carbocycles. The minimum Gasteiger partial charge on any atom is -0.371 e. The lowest BCUT2D eigenvalue weighted by molar-refractivity contribution is 0.00694. The van der Waals surface area contributed by atoms with E-state index in [2.05, 4.69) is 50.4 Å². The summed E-state index contributed by atoms with van der Waals surface area (Å²) in [5.74, 6) is 0.717. The van der Waals surface area contributed by atoms with Gasteiger partial charge in [0.25, 0.3) is 0 Å². The molecule has 1 fully saturated rings. The van der Waals surface area contributed by atoms with Crippen LogP contribution in [-0.4, -0.2) is 19.2 Å². The average molecular weight is 233 g/mol. The van der Waals surface area contributed by atoms with E-state index >= 15 is 0 Å². The zero-order valence-corrected chi connectivity index (χ0v) is 11.1. The molecule has 2 heteroatoms. The molecule has 1 saturated heterocycles. The largest absolute Gasteiger partial charge is 0.371 e. The lowest BCUT2D eigenvalue weighted by atomic mass is 10.00. The van der Waals surface area contributed by atoms with Crippen LogP contribution in [0.3, 0.4) is 0 Å². The maximum Gasteiger partial charge on any atom is 0.0950 e. The summed E-state index contributed by atoms with van der Waals surface area (Å²) in [6.07, 6.45) is 1.38. The fourth-order valence-corrected chi connectivity index (χ4v) is 2.24. The Kier molecular flexibility index (Phi) is 4.19. The summed E-state index contributed by atoms with van der Waals surface area (Å²) in [5.41, 5.74) is 2.71. The summed E-state index contributed by atoms with van der Waals surface area (Å²) in [6, 6.07) is 9.36. The predicted octanol–water partition coefficient (Wildman–Crippen LogP) is 2.93. The van der Waals surface area contributed by atoms with E-state index < -0.39 is 0 Å². The Morgan fingerprint density at radius 2 is 2.00 bits per heavy atom. The van der Waals surface area contributed by atoms with Crippen LogP contribution in [0.1, 0.15) is 38.0 Å². The third-order valence-corrected chi connectivity index (χ3v) is 3.19. The second kappa shape index (κ2) is 5.65. The molecule has 2 atom stereocenters. The third-order valence-electron chi connectivity index (χ3n) is 3.19. The van der Waals surface area contributed by atoms with E-state index in [9.17, 15) is 0 Å². The smallest absolute Gasteiger partial charge is 0.0950 e. The quantitative estimate of drug-likeness (QED) is 0.866. The molecule has 0 bridgehead atoms. The van der Waals surface area contributed by atoms with Gasteiger partial charge in [-0.1, -0.05) is 38.1 Å². The van der Waals surface area contributed by atoms with Crippen LogP contribution in [0.5, 0.6) is 0 Å². The van der Waals surface area contributed by atoms with Crippen molar-refractivity contribution in [2.75, 3.05) is 13.2 Å². The van der Waals surface area contributed by atoms with Crippen molar-refractivity contribution < 1.29 is 4.74 Å². The van der Waals surface area contributed by atoms with Crippen molar-refractivity contribution in [2.45, 2.75) is 39.3 Å². The van der Waals surface area contributed by atoms with Gasteiger partial charge in [-0.2, -0.15) is 0 Å². The normalized spacial score (nSPS) is 25.2. The molecule has 0 spiro atoms. The first-order valence-electron chi connectivity index (χ1n) is 6.59. The number of morpholine rings is 1. The van der Waals surface area contributed by atoms with Crippen molar-refractivity contribution in [1.82, 2.24) is 5.32 Å². The molecular weight excluding hydrogens is 210 g/mol. The van der Waals surface area contributed by atoms with Gasteiger partial charge in [-0.15, -0.1) is 0 Å². The predicted molar refractivity (Wildman–Crippen MR) is 71.1 cm³/mol. The van der Waals surface area contributed by atoms with Gasteiger partial charge in [0.1, 0.15) is 0 Å². The van der Waals surface area contributed by atoms with Crippen LogP contribution in [0.2, 0.25) is 0 Å². The van der Waals surface area contributed by atoms with Gasteiger partial charge in [0.2, 0.25) is 0 Å². The topological polar surface area (TPSA) is 21.3 Å². The standard InChI is InChI=1S/C15H23NO/c1-11(2)8-13-4-6-14(7-5-13)15-9-16-12(3)10-17-15/h4-7,11-12,15-16H,8-10H2,1-3H3. The lowest BCUT2D eigenvalue weighted by Gasteiger charge is -2.28. The van der Waals surface area contributed by atoms with Crippen molar-refractivity contribution in [3.8, 4) is 0 Å². The third kappa shape index (κ3) is 3.55. The molecule has 94 valence electrons. The first kappa shape index (κ1) is 12.6. The minimum atomic E-state index is 0.222. The second-order valence-electron chi connectivity index (χ2n) is 5.47. The van der Waals surface area contributed by atoms with Gasteiger partial charge in [-0.3, -0.25) is 0 Å². The first-order chi connectivity index (χ1) is 8.15. The Morgan fingerprint density at radius 3 is 2.53 bits per heavy atom. The van der Waals surface area contributed by atoms with Crippen LogP contribution in [0.4, 0.5) is 0 Å². The van der Waals surface area contributed by atoms with Gasteiger partial charge in [0.05, 0.1) is 12.7 Å². The van der Waals surface area contributed by atoms with E-state index in [0.29, 0.717) is 12.0 Å². The maximum absolute atomic E-state index is 5.83. The van der Waals surface area contributed by atoms with Gasteiger partial charge in [-0.25, -0.2) is 0 Å². The van der Waals surface area contributed by atoms with Gasteiger partial charge in [0, 0.05) is 12.6 Å². The Morgan fingerprint density at radius 1 is 1.29 bits per heavy atom. The van der Waals surface area contributed by atoms with Gasteiger partial charge < -0.3 is 10.1 Å². The highest BCUT2D eigenvalue weighted by molar-refractivity contribution is 5.25. The molecule has 2 unspecified atom stereocenters. The zero-order chi connectivity index (χ0) is 12.3. The van der Waals surface area contributed by atoms with E-state index in [1.807, 2.05) is 0 Å². The average Bonchev–Trinajstić information content (AvgIpc) is 2.30.